The lowest BCUT2D eigenvalue weighted by atomic mass is 9.33. The summed E-state index contributed by atoms with van der Waals surface area (Å²) in [7, 11) is 0. The van der Waals surface area contributed by atoms with Crippen LogP contribution in [0.3, 0.4) is 0 Å². The van der Waals surface area contributed by atoms with E-state index in [1.54, 1.807) is 0 Å². The molecule has 4 nitrogen and oxygen atoms in total. The van der Waals surface area contributed by atoms with Crippen molar-refractivity contribution < 1.29 is 19.8 Å². The molecule has 0 bridgehead atoms. The standard InChI is InChI=1S/C30H46O4/c1-25(2)21-8-11-30(7)23(28(21,5)10-9-22(25)32)20(31)16-18-19-17-27(4,24(33)34)13-12-26(19,3)14-15-29(18,30)6/h16,19,21-23,32H,8-15,17H2,1-7H3,(H,33,34)/t19-,21-,22-,23+,26+,27-,28+,29+,30-/m0/s1. The quantitative estimate of drug-likeness (QED) is 0.464. The van der Waals surface area contributed by atoms with Gasteiger partial charge in [0.2, 0.25) is 0 Å². The van der Waals surface area contributed by atoms with Crippen LogP contribution in [0.4, 0.5) is 0 Å². The minimum atomic E-state index is -0.711. The van der Waals surface area contributed by atoms with Crippen LogP contribution in [-0.2, 0) is 9.59 Å². The molecule has 9 atom stereocenters. The number of carbonyl (C=O) groups excluding carboxylic acids is 1. The van der Waals surface area contributed by atoms with Gasteiger partial charge in [0, 0.05) is 5.92 Å². The maximum absolute atomic E-state index is 14.2. The first-order chi connectivity index (χ1) is 15.6. The summed E-state index contributed by atoms with van der Waals surface area (Å²) in [6.45, 7) is 15.8. The van der Waals surface area contributed by atoms with Crippen LogP contribution in [0, 0.1) is 50.2 Å². The summed E-state index contributed by atoms with van der Waals surface area (Å²) in [6.07, 6.45) is 9.95. The Hall–Kier alpha value is -1.16. The summed E-state index contributed by atoms with van der Waals surface area (Å²) in [5.41, 5.74) is 0.142. The molecule has 0 heterocycles. The number of fused-ring (bicyclic) bond motifs is 7. The zero-order chi connectivity index (χ0) is 25.1. The Morgan fingerprint density at radius 2 is 1.56 bits per heavy atom. The first-order valence-corrected chi connectivity index (χ1v) is 13.7. The fraction of sp³-hybridized carbons (Fsp3) is 0.867. The van der Waals surface area contributed by atoms with Crippen molar-refractivity contribution in [3.05, 3.63) is 11.6 Å². The lowest BCUT2D eigenvalue weighted by molar-refractivity contribution is -0.202. The first kappa shape index (κ1) is 24.5. The fourth-order valence-electron chi connectivity index (χ4n) is 10.4. The molecular formula is C30H46O4. The molecule has 0 aliphatic heterocycles. The van der Waals surface area contributed by atoms with Crippen molar-refractivity contribution >= 4 is 11.8 Å². The molecule has 0 radical (unpaired) electrons. The molecular weight excluding hydrogens is 424 g/mol. The fourth-order valence-corrected chi connectivity index (χ4v) is 10.4. The average molecular weight is 471 g/mol. The monoisotopic (exact) mass is 470 g/mol. The van der Waals surface area contributed by atoms with Crippen molar-refractivity contribution in [1.29, 1.82) is 0 Å². The minimum Gasteiger partial charge on any atom is -0.481 e. The van der Waals surface area contributed by atoms with Crippen molar-refractivity contribution in [2.75, 3.05) is 0 Å². The maximum Gasteiger partial charge on any atom is 0.309 e. The Morgan fingerprint density at radius 3 is 2.21 bits per heavy atom. The highest BCUT2D eigenvalue weighted by molar-refractivity contribution is 5.95. The van der Waals surface area contributed by atoms with Crippen molar-refractivity contribution in [3.8, 4) is 0 Å². The average Bonchev–Trinajstić information content (AvgIpc) is 2.73. The van der Waals surface area contributed by atoms with Crippen molar-refractivity contribution in [2.45, 2.75) is 112 Å². The maximum atomic E-state index is 14.2. The van der Waals surface area contributed by atoms with Gasteiger partial charge in [-0.25, -0.2) is 0 Å². The molecule has 0 unspecified atom stereocenters. The number of carboxylic acid groups (broad SMARTS) is 1. The summed E-state index contributed by atoms with van der Waals surface area (Å²) >= 11 is 0. The summed E-state index contributed by atoms with van der Waals surface area (Å²) in [5, 5.41) is 20.9. The SMILES string of the molecule is CC1(C)[C@@H](O)CC[C@@]2(C)[C@H]3C(=O)C=C4[C@@H]5C[C@@](C)(C(=O)O)CC[C@]5(C)CC[C@@]4(C)[C@@]3(C)CC[C@@H]12. The van der Waals surface area contributed by atoms with Crippen LogP contribution in [0.25, 0.3) is 0 Å². The van der Waals surface area contributed by atoms with Gasteiger partial charge in [-0.1, -0.05) is 47.1 Å². The first-order valence-electron chi connectivity index (χ1n) is 13.7. The third-order valence-corrected chi connectivity index (χ3v) is 13.1. The van der Waals surface area contributed by atoms with E-state index in [0.717, 1.165) is 51.4 Å². The van der Waals surface area contributed by atoms with Gasteiger partial charge in [-0.3, -0.25) is 9.59 Å². The van der Waals surface area contributed by atoms with Crippen molar-refractivity contribution in [2.24, 2.45) is 50.2 Å². The molecule has 4 heteroatoms. The molecule has 190 valence electrons. The van der Waals surface area contributed by atoms with Gasteiger partial charge < -0.3 is 10.2 Å². The van der Waals surface area contributed by atoms with E-state index in [4.69, 9.17) is 0 Å². The molecule has 5 aliphatic carbocycles. The molecule has 2 N–H and O–H groups in total. The summed E-state index contributed by atoms with van der Waals surface area (Å²) in [5.74, 6) is 0.0603. The number of carboxylic acids is 1. The van der Waals surface area contributed by atoms with Crippen LogP contribution in [-0.4, -0.2) is 28.1 Å². The molecule has 0 spiro atoms. The number of carbonyl (C=O) groups is 2. The van der Waals surface area contributed by atoms with Gasteiger partial charge in [0.1, 0.15) is 0 Å². The smallest absolute Gasteiger partial charge is 0.309 e. The normalized spacial score (nSPS) is 54.1. The molecule has 0 saturated heterocycles. The number of rotatable bonds is 1. The van der Waals surface area contributed by atoms with Gasteiger partial charge in [-0.15, -0.1) is 0 Å². The van der Waals surface area contributed by atoms with Crippen molar-refractivity contribution in [3.63, 3.8) is 0 Å². The van der Waals surface area contributed by atoms with E-state index in [0.29, 0.717) is 12.3 Å². The van der Waals surface area contributed by atoms with Crippen LogP contribution >= 0.6 is 0 Å². The second-order valence-corrected chi connectivity index (χ2v) is 14.9. The summed E-state index contributed by atoms with van der Waals surface area (Å²) < 4.78 is 0. The number of allylic oxidation sites excluding steroid dienone is 2. The zero-order valence-electron chi connectivity index (χ0n) is 22.5. The van der Waals surface area contributed by atoms with Crippen LogP contribution < -0.4 is 0 Å². The van der Waals surface area contributed by atoms with E-state index in [1.807, 2.05) is 13.0 Å². The van der Waals surface area contributed by atoms with E-state index in [1.165, 1.54) is 5.57 Å². The van der Waals surface area contributed by atoms with Gasteiger partial charge in [-0.2, -0.15) is 0 Å². The second kappa shape index (κ2) is 6.99. The topological polar surface area (TPSA) is 74.6 Å². The molecule has 5 aliphatic rings. The number of hydrogen-bond acceptors (Lipinski definition) is 3. The molecule has 0 amide bonds. The predicted molar refractivity (Wildman–Crippen MR) is 133 cm³/mol. The molecule has 5 rings (SSSR count). The number of ketones is 1. The van der Waals surface area contributed by atoms with Gasteiger partial charge >= 0.3 is 5.97 Å². The Labute approximate surface area is 206 Å². The largest absolute Gasteiger partial charge is 0.481 e. The van der Waals surface area contributed by atoms with E-state index >= 15 is 0 Å². The Balaban J connectivity index is 1.62. The molecule has 0 aromatic heterocycles. The summed E-state index contributed by atoms with van der Waals surface area (Å²) in [6, 6.07) is 0. The number of aliphatic hydroxyl groups excluding tert-OH is 1. The van der Waals surface area contributed by atoms with Crippen LogP contribution in [0.1, 0.15) is 106 Å². The lowest BCUT2D eigenvalue weighted by Crippen LogP contribution is -2.66. The molecule has 4 saturated carbocycles. The zero-order valence-corrected chi connectivity index (χ0v) is 22.5. The molecule has 0 aromatic carbocycles. The second-order valence-electron chi connectivity index (χ2n) is 14.9. The van der Waals surface area contributed by atoms with E-state index in [9.17, 15) is 19.8 Å². The predicted octanol–water partition coefficient (Wildman–Crippen LogP) is 6.41. The number of hydrogen-bond donors (Lipinski definition) is 2. The highest BCUT2D eigenvalue weighted by Gasteiger charge is 2.70. The number of aliphatic carboxylic acids is 1. The Bertz CT molecular complexity index is 965. The Morgan fingerprint density at radius 1 is 0.912 bits per heavy atom. The van der Waals surface area contributed by atoms with E-state index in [2.05, 4.69) is 41.5 Å². The molecule has 4 fully saturated rings. The van der Waals surface area contributed by atoms with Crippen molar-refractivity contribution in [1.82, 2.24) is 0 Å². The number of aliphatic hydroxyl groups is 1. The highest BCUT2D eigenvalue weighted by Crippen LogP contribution is 2.75. The lowest BCUT2D eigenvalue weighted by Gasteiger charge is -2.70. The minimum absolute atomic E-state index is 0.0296. The molecule has 34 heavy (non-hydrogen) atoms. The van der Waals surface area contributed by atoms with E-state index < -0.39 is 11.4 Å². The van der Waals surface area contributed by atoms with Gasteiger partial charge in [0.05, 0.1) is 11.5 Å². The van der Waals surface area contributed by atoms with Gasteiger partial charge in [0.15, 0.2) is 5.78 Å². The van der Waals surface area contributed by atoms with Gasteiger partial charge in [0.25, 0.3) is 0 Å². The third kappa shape index (κ3) is 2.81. The highest BCUT2D eigenvalue weighted by atomic mass is 16.4. The van der Waals surface area contributed by atoms with Gasteiger partial charge in [-0.05, 0) is 110 Å². The molecule has 0 aromatic rings. The third-order valence-electron chi connectivity index (χ3n) is 13.1. The van der Waals surface area contributed by atoms with Crippen LogP contribution in [0.5, 0.6) is 0 Å². The van der Waals surface area contributed by atoms with E-state index in [-0.39, 0.29) is 50.8 Å². The van der Waals surface area contributed by atoms with Crippen LogP contribution in [0.2, 0.25) is 0 Å². The Kier molecular flexibility index (Phi) is 5.04. The van der Waals surface area contributed by atoms with Crippen LogP contribution in [0.15, 0.2) is 11.6 Å². The summed E-state index contributed by atoms with van der Waals surface area (Å²) in [4.78, 5) is 26.4.